The van der Waals surface area contributed by atoms with Crippen LogP contribution in [0.3, 0.4) is 0 Å². The summed E-state index contributed by atoms with van der Waals surface area (Å²) >= 11 is 5.41. The summed E-state index contributed by atoms with van der Waals surface area (Å²) in [4.78, 5) is 15.2. The lowest BCUT2D eigenvalue weighted by Crippen LogP contribution is -2.34. The Morgan fingerprint density at radius 1 is 1.67 bits per heavy atom. The summed E-state index contributed by atoms with van der Waals surface area (Å²) in [5, 5.41) is 2.59. The van der Waals surface area contributed by atoms with Gasteiger partial charge in [0.05, 0.1) is 5.56 Å². The summed E-state index contributed by atoms with van der Waals surface area (Å²) in [6.07, 6.45) is 3.19. The molecule has 1 heterocycles. The minimum absolute atomic E-state index is 0.118. The number of rotatable bonds is 2. The predicted molar refractivity (Wildman–Crippen MR) is 54.3 cm³/mol. The third kappa shape index (κ3) is 2.26. The normalized spacial score (nSPS) is 17.3. The molecule has 3 nitrogen and oxygen atoms in total. The van der Waals surface area contributed by atoms with Crippen molar-refractivity contribution >= 4 is 17.5 Å². The van der Waals surface area contributed by atoms with Gasteiger partial charge in [-0.15, -0.1) is 0 Å². The number of amides is 1. The van der Waals surface area contributed by atoms with Crippen LogP contribution in [-0.2, 0) is 0 Å². The van der Waals surface area contributed by atoms with E-state index < -0.39 is 5.82 Å². The van der Waals surface area contributed by atoms with Gasteiger partial charge < -0.3 is 5.32 Å². The highest BCUT2D eigenvalue weighted by molar-refractivity contribution is 6.29. The van der Waals surface area contributed by atoms with Crippen LogP contribution in [0.5, 0.6) is 0 Å². The first kappa shape index (κ1) is 10.4. The van der Waals surface area contributed by atoms with Crippen molar-refractivity contribution in [1.29, 1.82) is 0 Å². The molecule has 1 aliphatic rings. The molecule has 0 aliphatic heterocycles. The number of hydrogen-bond donors (Lipinski definition) is 1. The van der Waals surface area contributed by atoms with Crippen molar-refractivity contribution in [2.45, 2.75) is 25.3 Å². The van der Waals surface area contributed by atoms with Gasteiger partial charge in [-0.2, -0.15) is 0 Å². The van der Waals surface area contributed by atoms with E-state index in [-0.39, 0.29) is 22.2 Å². The van der Waals surface area contributed by atoms with E-state index in [1.54, 1.807) is 0 Å². The number of pyridine rings is 1. The Morgan fingerprint density at radius 3 is 2.87 bits per heavy atom. The zero-order valence-electron chi connectivity index (χ0n) is 8.18. The molecule has 1 fully saturated rings. The number of halogens is 2. The number of nitrogens with zero attached hydrogens (tertiary/aromatic N) is 1. The van der Waals surface area contributed by atoms with Crippen LogP contribution in [0.2, 0.25) is 5.15 Å². The number of carbonyl (C=O) groups excluding carboxylic acids is 1. The summed E-state index contributed by atoms with van der Waals surface area (Å²) in [7, 11) is 0. The van der Waals surface area contributed by atoms with Gasteiger partial charge in [-0.3, -0.25) is 4.79 Å². The molecule has 1 aromatic heterocycles. The Labute approximate surface area is 91.7 Å². The Bertz CT molecular complexity index is 418. The van der Waals surface area contributed by atoms with Crippen molar-refractivity contribution in [1.82, 2.24) is 10.3 Å². The SMILES string of the molecule is CC1(NC(=O)c2cnc(Cl)c(F)c2)CC1. The van der Waals surface area contributed by atoms with Gasteiger partial charge >= 0.3 is 0 Å². The van der Waals surface area contributed by atoms with Crippen LogP contribution in [0.15, 0.2) is 12.3 Å². The van der Waals surface area contributed by atoms with Gasteiger partial charge in [-0.1, -0.05) is 11.6 Å². The molecule has 2 rings (SSSR count). The molecule has 0 atom stereocenters. The molecule has 1 saturated carbocycles. The Kier molecular flexibility index (Phi) is 2.38. The van der Waals surface area contributed by atoms with Crippen molar-refractivity contribution in [2.75, 3.05) is 0 Å². The van der Waals surface area contributed by atoms with Gasteiger partial charge in [0.25, 0.3) is 5.91 Å². The molecule has 0 aromatic carbocycles. The van der Waals surface area contributed by atoms with Crippen molar-refractivity contribution in [3.8, 4) is 0 Å². The molecule has 1 amide bonds. The lowest BCUT2D eigenvalue weighted by atomic mass is 10.2. The summed E-state index contributed by atoms with van der Waals surface area (Å²) in [5.74, 6) is -0.983. The molecular weight excluding hydrogens is 219 g/mol. The van der Waals surface area contributed by atoms with E-state index in [9.17, 15) is 9.18 Å². The highest BCUT2D eigenvalue weighted by atomic mass is 35.5. The Balaban J connectivity index is 2.15. The third-order valence-electron chi connectivity index (χ3n) is 2.47. The van der Waals surface area contributed by atoms with Gasteiger partial charge in [0, 0.05) is 11.7 Å². The molecule has 1 aromatic rings. The Hall–Kier alpha value is -1.16. The van der Waals surface area contributed by atoms with E-state index in [0.717, 1.165) is 18.9 Å². The smallest absolute Gasteiger partial charge is 0.253 e. The van der Waals surface area contributed by atoms with Crippen LogP contribution in [0.1, 0.15) is 30.1 Å². The summed E-state index contributed by atoms with van der Waals surface area (Å²) in [6.45, 7) is 1.95. The van der Waals surface area contributed by atoms with E-state index in [1.807, 2.05) is 6.92 Å². The monoisotopic (exact) mass is 228 g/mol. The molecular formula is C10H10ClFN2O. The summed E-state index contributed by atoms with van der Waals surface area (Å²) < 4.78 is 13.0. The molecule has 0 spiro atoms. The zero-order chi connectivity index (χ0) is 11.1. The second-order valence-electron chi connectivity index (χ2n) is 4.01. The second kappa shape index (κ2) is 3.45. The molecule has 80 valence electrons. The highest BCUT2D eigenvalue weighted by Crippen LogP contribution is 2.34. The van der Waals surface area contributed by atoms with Crippen molar-refractivity contribution < 1.29 is 9.18 Å². The first-order chi connectivity index (χ1) is 7.00. The number of hydrogen-bond acceptors (Lipinski definition) is 2. The summed E-state index contributed by atoms with van der Waals surface area (Å²) in [5.41, 5.74) is 0.0812. The number of carbonyl (C=O) groups is 1. The van der Waals surface area contributed by atoms with Gasteiger partial charge in [0.15, 0.2) is 11.0 Å². The number of aromatic nitrogens is 1. The average Bonchev–Trinajstić information content (AvgIpc) is 2.88. The van der Waals surface area contributed by atoms with Crippen LogP contribution < -0.4 is 5.32 Å². The van der Waals surface area contributed by atoms with E-state index in [1.165, 1.54) is 6.20 Å². The van der Waals surface area contributed by atoms with E-state index >= 15 is 0 Å². The molecule has 5 heteroatoms. The lowest BCUT2D eigenvalue weighted by Gasteiger charge is -2.10. The molecule has 0 bridgehead atoms. The van der Waals surface area contributed by atoms with Crippen molar-refractivity contribution in [3.05, 3.63) is 28.8 Å². The molecule has 15 heavy (non-hydrogen) atoms. The van der Waals surface area contributed by atoms with E-state index in [4.69, 9.17) is 11.6 Å². The minimum atomic E-state index is -0.676. The maximum Gasteiger partial charge on any atom is 0.253 e. The van der Waals surface area contributed by atoms with Crippen LogP contribution >= 0.6 is 11.6 Å². The molecule has 1 N–H and O–H groups in total. The fraction of sp³-hybridized carbons (Fsp3) is 0.400. The fourth-order valence-corrected chi connectivity index (χ4v) is 1.31. The van der Waals surface area contributed by atoms with Gasteiger partial charge in [0.1, 0.15) is 0 Å². The fourth-order valence-electron chi connectivity index (χ4n) is 1.20. The zero-order valence-corrected chi connectivity index (χ0v) is 8.94. The summed E-state index contributed by atoms with van der Waals surface area (Å²) in [6, 6.07) is 1.09. The third-order valence-corrected chi connectivity index (χ3v) is 2.75. The standard InChI is InChI=1S/C10H10ClFN2O/c1-10(2-3-10)14-9(15)6-4-7(12)8(11)13-5-6/h4-5H,2-3H2,1H3,(H,14,15). The first-order valence-electron chi connectivity index (χ1n) is 4.64. The van der Waals surface area contributed by atoms with Crippen LogP contribution in [-0.4, -0.2) is 16.4 Å². The lowest BCUT2D eigenvalue weighted by molar-refractivity contribution is 0.0934. The first-order valence-corrected chi connectivity index (χ1v) is 5.01. The van der Waals surface area contributed by atoms with Gasteiger partial charge in [-0.25, -0.2) is 9.37 Å². The highest BCUT2D eigenvalue weighted by Gasteiger charge is 2.38. The van der Waals surface area contributed by atoms with E-state index in [0.29, 0.717) is 0 Å². The Morgan fingerprint density at radius 2 is 2.33 bits per heavy atom. The molecule has 0 radical (unpaired) electrons. The second-order valence-corrected chi connectivity index (χ2v) is 4.37. The minimum Gasteiger partial charge on any atom is -0.347 e. The maximum atomic E-state index is 13.0. The molecule has 0 unspecified atom stereocenters. The quantitative estimate of drug-likeness (QED) is 0.789. The van der Waals surface area contributed by atoms with Crippen LogP contribution in [0, 0.1) is 5.82 Å². The van der Waals surface area contributed by atoms with Crippen LogP contribution in [0.4, 0.5) is 4.39 Å². The van der Waals surface area contributed by atoms with Gasteiger partial charge in [0.2, 0.25) is 0 Å². The topological polar surface area (TPSA) is 42.0 Å². The average molecular weight is 229 g/mol. The van der Waals surface area contributed by atoms with Crippen molar-refractivity contribution in [3.63, 3.8) is 0 Å². The molecule has 1 aliphatic carbocycles. The van der Waals surface area contributed by atoms with Crippen molar-refractivity contribution in [2.24, 2.45) is 0 Å². The number of nitrogens with one attached hydrogen (secondary N) is 1. The van der Waals surface area contributed by atoms with Gasteiger partial charge in [-0.05, 0) is 25.8 Å². The van der Waals surface area contributed by atoms with E-state index in [2.05, 4.69) is 10.3 Å². The van der Waals surface area contributed by atoms with Crippen LogP contribution in [0.25, 0.3) is 0 Å². The predicted octanol–water partition coefficient (Wildman–Crippen LogP) is 2.16. The maximum absolute atomic E-state index is 13.0. The molecule has 0 saturated heterocycles. The largest absolute Gasteiger partial charge is 0.347 e.